The lowest BCUT2D eigenvalue weighted by molar-refractivity contribution is 0.667. The van der Waals surface area contributed by atoms with Crippen LogP contribution in [0.15, 0.2) is 36.8 Å². The molecule has 0 saturated carbocycles. The van der Waals surface area contributed by atoms with E-state index in [-0.39, 0.29) is 0 Å². The van der Waals surface area contributed by atoms with Crippen LogP contribution in [0.25, 0.3) is 5.65 Å². The molecule has 3 rings (SSSR count). The summed E-state index contributed by atoms with van der Waals surface area (Å²) in [5.41, 5.74) is 4.58. The number of hydrogen-bond donors (Lipinski definition) is 1. The Balaban J connectivity index is 1.61. The summed E-state index contributed by atoms with van der Waals surface area (Å²) in [4.78, 5) is 4.56. The Hall–Kier alpha value is -2.14. The average Bonchev–Trinajstić information content (AvgIpc) is 2.98. The van der Waals surface area contributed by atoms with Crippen LogP contribution in [0.4, 0.5) is 0 Å². The van der Waals surface area contributed by atoms with Crippen molar-refractivity contribution in [2.24, 2.45) is 7.05 Å². The van der Waals surface area contributed by atoms with Gasteiger partial charge in [-0.15, -0.1) is 0 Å². The highest BCUT2D eigenvalue weighted by Crippen LogP contribution is 2.11. The summed E-state index contributed by atoms with van der Waals surface area (Å²) in [7, 11) is 1.94. The van der Waals surface area contributed by atoms with Crippen molar-refractivity contribution in [2.45, 2.75) is 19.9 Å². The van der Waals surface area contributed by atoms with Crippen molar-refractivity contribution in [2.75, 3.05) is 6.54 Å². The van der Waals surface area contributed by atoms with E-state index in [4.69, 9.17) is 0 Å². The second kappa shape index (κ2) is 5.46. The van der Waals surface area contributed by atoms with E-state index in [9.17, 15) is 0 Å². The first kappa shape index (κ1) is 12.9. The largest absolute Gasteiger partial charge is 0.311 e. The van der Waals surface area contributed by atoms with Crippen LogP contribution >= 0.6 is 0 Å². The number of nitrogens with one attached hydrogen (secondary N) is 1. The molecule has 0 aliphatic rings. The third kappa shape index (κ3) is 2.58. The van der Waals surface area contributed by atoms with E-state index >= 15 is 0 Å². The molecule has 0 unspecified atom stereocenters. The molecule has 3 aromatic rings. The monoisotopic (exact) mass is 269 g/mol. The molecule has 1 N–H and O–H groups in total. The van der Waals surface area contributed by atoms with Gasteiger partial charge in [0, 0.05) is 26.0 Å². The van der Waals surface area contributed by atoms with Crippen LogP contribution in [0, 0.1) is 6.92 Å². The van der Waals surface area contributed by atoms with Crippen molar-refractivity contribution < 1.29 is 0 Å². The predicted molar refractivity (Wildman–Crippen MR) is 78.5 cm³/mol. The molecule has 0 amide bonds. The normalized spacial score (nSPS) is 11.3. The molecule has 5 nitrogen and oxygen atoms in total. The fourth-order valence-corrected chi connectivity index (χ4v) is 2.42. The Morgan fingerprint density at radius 1 is 1.30 bits per heavy atom. The number of nitrogens with zero attached hydrogens (tertiary/aromatic N) is 4. The van der Waals surface area contributed by atoms with Gasteiger partial charge in [0.1, 0.15) is 5.65 Å². The summed E-state index contributed by atoms with van der Waals surface area (Å²) in [6.07, 6.45) is 7.03. The van der Waals surface area contributed by atoms with Gasteiger partial charge in [0.2, 0.25) is 0 Å². The molecular weight excluding hydrogens is 250 g/mol. The van der Waals surface area contributed by atoms with E-state index in [0.29, 0.717) is 0 Å². The van der Waals surface area contributed by atoms with Crippen LogP contribution in [-0.4, -0.2) is 25.7 Å². The molecule has 0 aliphatic carbocycles. The molecule has 0 aromatic carbocycles. The Labute approximate surface area is 118 Å². The zero-order valence-electron chi connectivity index (χ0n) is 11.9. The van der Waals surface area contributed by atoms with Gasteiger partial charge in [0.05, 0.1) is 17.6 Å². The highest BCUT2D eigenvalue weighted by Gasteiger charge is 2.07. The lowest BCUT2D eigenvalue weighted by Gasteiger charge is -2.05. The lowest BCUT2D eigenvalue weighted by Crippen LogP contribution is -2.18. The molecule has 0 fully saturated rings. The Morgan fingerprint density at radius 3 is 3.00 bits per heavy atom. The minimum absolute atomic E-state index is 0.831. The highest BCUT2D eigenvalue weighted by molar-refractivity contribution is 5.42. The Kier molecular flexibility index (Phi) is 3.52. The number of aryl methyl sites for hydroxylation is 2. The smallest absolute Gasteiger partial charge is 0.137 e. The van der Waals surface area contributed by atoms with E-state index in [1.165, 1.54) is 11.3 Å². The molecule has 0 saturated heterocycles. The molecule has 0 atom stereocenters. The Bertz CT molecular complexity index is 710. The summed E-state index contributed by atoms with van der Waals surface area (Å²) in [5.74, 6) is 0. The van der Waals surface area contributed by atoms with Crippen molar-refractivity contribution in [3.63, 3.8) is 0 Å². The second-order valence-corrected chi connectivity index (χ2v) is 5.02. The van der Waals surface area contributed by atoms with Crippen molar-refractivity contribution in [1.82, 2.24) is 24.5 Å². The SMILES string of the molecule is Cc1nc2ccccn2c1CNCCc1cnn(C)c1. The molecule has 0 spiro atoms. The molecule has 20 heavy (non-hydrogen) atoms. The van der Waals surface area contributed by atoms with Gasteiger partial charge in [0.25, 0.3) is 0 Å². The molecule has 5 heteroatoms. The minimum Gasteiger partial charge on any atom is -0.311 e. The standard InChI is InChI=1S/C15H19N5/c1-12-14(20-8-4-3-5-15(20)18-12)10-16-7-6-13-9-17-19(2)11-13/h3-5,8-9,11,16H,6-7,10H2,1-2H3. The lowest BCUT2D eigenvalue weighted by atomic mass is 10.2. The van der Waals surface area contributed by atoms with E-state index in [1.54, 1.807) is 0 Å². The number of rotatable bonds is 5. The van der Waals surface area contributed by atoms with Crippen molar-refractivity contribution in [1.29, 1.82) is 0 Å². The highest BCUT2D eigenvalue weighted by atomic mass is 15.2. The summed E-state index contributed by atoms with van der Waals surface area (Å²) >= 11 is 0. The van der Waals surface area contributed by atoms with Crippen LogP contribution in [-0.2, 0) is 20.0 Å². The number of aromatic nitrogens is 4. The first-order valence-corrected chi connectivity index (χ1v) is 6.85. The first-order valence-electron chi connectivity index (χ1n) is 6.85. The minimum atomic E-state index is 0.831. The third-order valence-corrected chi connectivity index (χ3v) is 3.47. The van der Waals surface area contributed by atoms with Crippen molar-refractivity contribution >= 4 is 5.65 Å². The number of hydrogen-bond acceptors (Lipinski definition) is 3. The van der Waals surface area contributed by atoms with Crippen LogP contribution < -0.4 is 5.32 Å². The van der Waals surface area contributed by atoms with Gasteiger partial charge in [-0.3, -0.25) is 4.68 Å². The van der Waals surface area contributed by atoms with Crippen LogP contribution in [0.3, 0.4) is 0 Å². The molecule has 104 valence electrons. The third-order valence-electron chi connectivity index (χ3n) is 3.47. The number of imidazole rings is 1. The van der Waals surface area contributed by atoms with Gasteiger partial charge in [-0.2, -0.15) is 5.10 Å². The quantitative estimate of drug-likeness (QED) is 0.717. The van der Waals surface area contributed by atoms with Gasteiger partial charge in [-0.1, -0.05) is 6.07 Å². The summed E-state index contributed by atoms with van der Waals surface area (Å²) < 4.78 is 3.98. The van der Waals surface area contributed by atoms with E-state index in [1.807, 2.05) is 36.1 Å². The molecule has 0 bridgehead atoms. The zero-order valence-corrected chi connectivity index (χ0v) is 11.9. The van der Waals surface area contributed by atoms with Gasteiger partial charge in [0.15, 0.2) is 0 Å². The fraction of sp³-hybridized carbons (Fsp3) is 0.333. The summed E-state index contributed by atoms with van der Waals surface area (Å²) in [5, 5.41) is 7.66. The van der Waals surface area contributed by atoms with Gasteiger partial charge in [-0.25, -0.2) is 4.98 Å². The topological polar surface area (TPSA) is 47.1 Å². The maximum Gasteiger partial charge on any atom is 0.137 e. The van der Waals surface area contributed by atoms with Crippen molar-refractivity contribution in [3.05, 3.63) is 53.7 Å². The average molecular weight is 269 g/mol. The maximum atomic E-state index is 4.56. The van der Waals surface area contributed by atoms with Crippen LogP contribution in [0.1, 0.15) is 17.0 Å². The van der Waals surface area contributed by atoms with Gasteiger partial charge < -0.3 is 9.72 Å². The maximum absolute atomic E-state index is 4.56. The fourth-order valence-electron chi connectivity index (χ4n) is 2.42. The molecule has 3 aromatic heterocycles. The van der Waals surface area contributed by atoms with Gasteiger partial charge in [-0.05, 0) is 37.6 Å². The molecule has 0 radical (unpaired) electrons. The first-order chi connectivity index (χ1) is 9.74. The molecular formula is C15H19N5. The zero-order chi connectivity index (χ0) is 13.9. The van der Waals surface area contributed by atoms with E-state index < -0.39 is 0 Å². The number of pyridine rings is 1. The summed E-state index contributed by atoms with van der Waals surface area (Å²) in [6.45, 7) is 3.83. The van der Waals surface area contributed by atoms with E-state index in [2.05, 4.69) is 39.1 Å². The molecule has 3 heterocycles. The van der Waals surface area contributed by atoms with Gasteiger partial charge >= 0.3 is 0 Å². The van der Waals surface area contributed by atoms with E-state index in [0.717, 1.165) is 30.9 Å². The molecule has 0 aliphatic heterocycles. The Morgan fingerprint density at radius 2 is 2.20 bits per heavy atom. The second-order valence-electron chi connectivity index (χ2n) is 5.02. The number of fused-ring (bicyclic) bond motifs is 1. The summed E-state index contributed by atoms with van der Waals surface area (Å²) in [6, 6.07) is 6.08. The van der Waals surface area contributed by atoms with Crippen LogP contribution in [0.2, 0.25) is 0 Å². The van der Waals surface area contributed by atoms with Crippen molar-refractivity contribution in [3.8, 4) is 0 Å². The van der Waals surface area contributed by atoms with Crippen LogP contribution in [0.5, 0.6) is 0 Å². The predicted octanol–water partition coefficient (Wildman–Crippen LogP) is 1.71.